The van der Waals surface area contributed by atoms with Gasteiger partial charge in [0.25, 0.3) is 0 Å². The van der Waals surface area contributed by atoms with Crippen LogP contribution >= 0.6 is 23.2 Å². The third kappa shape index (κ3) is 4.16. The molecule has 0 amide bonds. The normalized spacial score (nSPS) is 12.4. The monoisotopic (exact) mass is 329 g/mol. The van der Waals surface area contributed by atoms with Gasteiger partial charge in [0.1, 0.15) is 0 Å². The smallest absolute Gasteiger partial charge is 0.159 e. The Bertz CT molecular complexity index is 611. The molecule has 1 N–H and O–H groups in total. The molecule has 2 aromatic rings. The molecule has 0 saturated heterocycles. The largest absolute Gasteiger partial charge is 0.316 e. The average molecular weight is 330 g/mol. The minimum Gasteiger partial charge on any atom is -0.316 e. The molecule has 1 nitrogen and oxygen atoms in total. The summed E-state index contributed by atoms with van der Waals surface area (Å²) in [5.41, 5.74) is 1.57. The predicted octanol–water partition coefficient (Wildman–Crippen LogP) is 4.64. The predicted molar refractivity (Wildman–Crippen MR) is 83.1 cm³/mol. The number of halogens is 4. The van der Waals surface area contributed by atoms with E-state index in [2.05, 4.69) is 5.32 Å². The van der Waals surface area contributed by atoms with Crippen LogP contribution in [0.25, 0.3) is 0 Å². The van der Waals surface area contributed by atoms with E-state index >= 15 is 0 Å². The van der Waals surface area contributed by atoms with Gasteiger partial charge in [0.15, 0.2) is 11.6 Å². The second kappa shape index (κ2) is 7.21. The average Bonchev–Trinajstić information content (AvgIpc) is 2.45. The van der Waals surface area contributed by atoms with Crippen molar-refractivity contribution in [1.82, 2.24) is 5.32 Å². The van der Waals surface area contributed by atoms with Crippen LogP contribution < -0.4 is 5.32 Å². The van der Waals surface area contributed by atoms with Gasteiger partial charge in [-0.25, -0.2) is 8.78 Å². The molecule has 2 aromatic carbocycles. The third-order valence-corrected chi connectivity index (χ3v) is 4.09. The summed E-state index contributed by atoms with van der Waals surface area (Å²) in [4.78, 5) is 0. The maximum Gasteiger partial charge on any atom is 0.159 e. The highest BCUT2D eigenvalue weighted by Crippen LogP contribution is 2.26. The molecule has 0 bridgehead atoms. The van der Waals surface area contributed by atoms with Gasteiger partial charge in [0.2, 0.25) is 0 Å². The van der Waals surface area contributed by atoms with Crippen LogP contribution in [0.2, 0.25) is 10.0 Å². The molecule has 1 atom stereocenters. The Morgan fingerprint density at radius 3 is 2.24 bits per heavy atom. The lowest BCUT2D eigenvalue weighted by Crippen LogP contribution is -2.30. The Labute approximate surface area is 132 Å². The lowest BCUT2D eigenvalue weighted by Gasteiger charge is -2.18. The molecule has 5 heteroatoms. The van der Waals surface area contributed by atoms with Gasteiger partial charge in [-0.1, -0.05) is 35.3 Å². The number of likely N-dealkylation sites (N-methyl/N-ethyl adjacent to an activating group) is 1. The summed E-state index contributed by atoms with van der Waals surface area (Å²) in [6.45, 7) is 0. The van der Waals surface area contributed by atoms with Crippen molar-refractivity contribution in [1.29, 1.82) is 0 Å². The van der Waals surface area contributed by atoms with Crippen molar-refractivity contribution in [2.75, 3.05) is 7.05 Å². The zero-order chi connectivity index (χ0) is 15.4. The van der Waals surface area contributed by atoms with Crippen molar-refractivity contribution in [2.45, 2.75) is 18.9 Å². The molecule has 0 heterocycles. The van der Waals surface area contributed by atoms with Gasteiger partial charge in [-0.05, 0) is 55.3 Å². The Morgan fingerprint density at radius 2 is 1.67 bits per heavy atom. The van der Waals surface area contributed by atoms with E-state index in [0.717, 1.165) is 17.2 Å². The first-order chi connectivity index (χ1) is 10.0. The van der Waals surface area contributed by atoms with Crippen LogP contribution in [0, 0.1) is 11.6 Å². The second-order valence-corrected chi connectivity index (χ2v) is 5.66. The van der Waals surface area contributed by atoms with Crippen molar-refractivity contribution in [2.24, 2.45) is 0 Å². The van der Waals surface area contributed by atoms with Crippen molar-refractivity contribution < 1.29 is 8.78 Å². The molecule has 1 unspecified atom stereocenters. The zero-order valence-corrected chi connectivity index (χ0v) is 13.0. The van der Waals surface area contributed by atoms with Gasteiger partial charge >= 0.3 is 0 Å². The molecule has 0 aliphatic heterocycles. The fourth-order valence-electron chi connectivity index (χ4n) is 2.20. The van der Waals surface area contributed by atoms with Crippen molar-refractivity contribution in [3.63, 3.8) is 0 Å². The van der Waals surface area contributed by atoms with Crippen molar-refractivity contribution in [3.05, 3.63) is 69.2 Å². The van der Waals surface area contributed by atoms with E-state index in [0.29, 0.717) is 22.9 Å². The van der Waals surface area contributed by atoms with Crippen LogP contribution in [0.3, 0.4) is 0 Å². The Kier molecular flexibility index (Phi) is 5.57. The van der Waals surface area contributed by atoms with Gasteiger partial charge < -0.3 is 5.32 Å². The van der Waals surface area contributed by atoms with Crippen LogP contribution in [0.1, 0.15) is 11.1 Å². The van der Waals surface area contributed by atoms with Crippen LogP contribution in [0.15, 0.2) is 36.4 Å². The number of benzene rings is 2. The molecule has 0 spiro atoms. The topological polar surface area (TPSA) is 12.0 Å². The van der Waals surface area contributed by atoms with E-state index in [4.69, 9.17) is 23.2 Å². The summed E-state index contributed by atoms with van der Waals surface area (Å²) in [6.07, 6.45) is 1.16. The Balaban J connectivity index is 2.15. The van der Waals surface area contributed by atoms with Crippen LogP contribution in [0.4, 0.5) is 8.78 Å². The van der Waals surface area contributed by atoms with E-state index in [-0.39, 0.29) is 6.04 Å². The molecule has 0 aliphatic carbocycles. The summed E-state index contributed by atoms with van der Waals surface area (Å²) in [7, 11) is 1.81. The molecule has 112 valence electrons. The molecule has 2 rings (SSSR count). The molecule has 0 fully saturated rings. The van der Waals surface area contributed by atoms with Crippen molar-refractivity contribution >= 4 is 23.2 Å². The minimum atomic E-state index is -0.839. The van der Waals surface area contributed by atoms with Gasteiger partial charge in [-0.15, -0.1) is 0 Å². The summed E-state index contributed by atoms with van der Waals surface area (Å²) < 4.78 is 26.2. The highest BCUT2D eigenvalue weighted by atomic mass is 35.5. The standard InChI is InChI=1S/C16H15Cl2F2N/c1-21-11(7-10-5-6-15(19)16(20)8-10)9-12-13(17)3-2-4-14(12)18/h2-6,8,11,21H,7,9H2,1H3. The van der Waals surface area contributed by atoms with Gasteiger partial charge in [0.05, 0.1) is 0 Å². The molecular weight excluding hydrogens is 315 g/mol. The van der Waals surface area contributed by atoms with Gasteiger partial charge in [0, 0.05) is 16.1 Å². The van der Waals surface area contributed by atoms with Crippen molar-refractivity contribution in [3.8, 4) is 0 Å². The number of hydrogen-bond acceptors (Lipinski definition) is 1. The Hall–Kier alpha value is -1.16. The highest BCUT2D eigenvalue weighted by molar-refractivity contribution is 6.36. The van der Waals surface area contributed by atoms with Gasteiger partial charge in [-0.3, -0.25) is 0 Å². The molecule has 21 heavy (non-hydrogen) atoms. The number of hydrogen-bond donors (Lipinski definition) is 1. The van der Waals surface area contributed by atoms with Gasteiger partial charge in [-0.2, -0.15) is 0 Å². The SMILES string of the molecule is CNC(Cc1ccc(F)c(F)c1)Cc1c(Cl)cccc1Cl. The lowest BCUT2D eigenvalue weighted by atomic mass is 9.99. The molecule has 0 aromatic heterocycles. The summed E-state index contributed by atoms with van der Waals surface area (Å²) in [6, 6.07) is 9.31. The molecule has 0 saturated carbocycles. The van der Waals surface area contributed by atoms with E-state index in [1.165, 1.54) is 6.07 Å². The fourth-order valence-corrected chi connectivity index (χ4v) is 2.75. The first kappa shape index (κ1) is 16.2. The summed E-state index contributed by atoms with van der Waals surface area (Å²) in [5.74, 6) is -1.67. The fraction of sp³-hybridized carbons (Fsp3) is 0.250. The number of rotatable bonds is 5. The summed E-state index contributed by atoms with van der Waals surface area (Å²) in [5, 5.41) is 4.36. The highest BCUT2D eigenvalue weighted by Gasteiger charge is 2.14. The summed E-state index contributed by atoms with van der Waals surface area (Å²) >= 11 is 12.3. The van der Waals surface area contributed by atoms with E-state index in [9.17, 15) is 8.78 Å². The maximum atomic E-state index is 13.3. The van der Waals surface area contributed by atoms with Crippen LogP contribution in [0.5, 0.6) is 0 Å². The minimum absolute atomic E-state index is 0.0206. The van der Waals surface area contributed by atoms with E-state index < -0.39 is 11.6 Å². The lowest BCUT2D eigenvalue weighted by molar-refractivity contribution is 0.503. The quantitative estimate of drug-likeness (QED) is 0.842. The van der Waals surface area contributed by atoms with Crippen LogP contribution in [-0.2, 0) is 12.8 Å². The molecule has 0 radical (unpaired) electrons. The Morgan fingerprint density at radius 1 is 1.00 bits per heavy atom. The maximum absolute atomic E-state index is 13.3. The van der Waals surface area contributed by atoms with E-state index in [1.807, 2.05) is 7.05 Å². The molecule has 0 aliphatic rings. The zero-order valence-electron chi connectivity index (χ0n) is 11.5. The van der Waals surface area contributed by atoms with E-state index in [1.54, 1.807) is 24.3 Å². The third-order valence-electron chi connectivity index (χ3n) is 3.39. The first-order valence-electron chi connectivity index (χ1n) is 6.55. The van der Waals surface area contributed by atoms with Crippen LogP contribution in [-0.4, -0.2) is 13.1 Å². The molecular formula is C16H15Cl2F2N. The first-order valence-corrected chi connectivity index (χ1v) is 7.31. The second-order valence-electron chi connectivity index (χ2n) is 4.84. The number of nitrogens with one attached hydrogen (secondary N) is 1.